The van der Waals surface area contributed by atoms with Crippen LogP contribution in [0.2, 0.25) is 0 Å². The van der Waals surface area contributed by atoms with E-state index in [2.05, 4.69) is 4.57 Å². The lowest BCUT2D eigenvalue weighted by Gasteiger charge is -2.07. The molecule has 0 N–H and O–H groups in total. The van der Waals surface area contributed by atoms with Gasteiger partial charge in [0, 0.05) is 32.8 Å². The number of carbonyl (C=O) groups is 2. The molecule has 0 fully saturated rings. The molecule has 146 valence electrons. The van der Waals surface area contributed by atoms with E-state index in [1.165, 1.54) is 6.08 Å². The minimum absolute atomic E-state index is 0.180. The van der Waals surface area contributed by atoms with Gasteiger partial charge in [-0.2, -0.15) is 0 Å². The van der Waals surface area contributed by atoms with Gasteiger partial charge in [0.15, 0.2) is 6.61 Å². The fourth-order valence-electron chi connectivity index (χ4n) is 3.13. The fraction of sp³-hybridized carbons (Fsp3) is 0.273. The summed E-state index contributed by atoms with van der Waals surface area (Å²) in [5.41, 5.74) is 3.65. The molecule has 5 nitrogen and oxygen atoms in total. The molecule has 28 heavy (non-hydrogen) atoms. The average Bonchev–Trinajstić information content (AvgIpc) is 3.34. The van der Waals surface area contributed by atoms with E-state index in [1.807, 2.05) is 52.0 Å². The number of rotatable bonds is 7. The van der Waals surface area contributed by atoms with Gasteiger partial charge in [-0.15, -0.1) is 11.3 Å². The number of hydrogen-bond acceptors (Lipinski definition) is 5. The van der Waals surface area contributed by atoms with Crippen molar-refractivity contribution in [2.24, 2.45) is 0 Å². The number of furan rings is 1. The van der Waals surface area contributed by atoms with E-state index in [1.54, 1.807) is 23.7 Å². The van der Waals surface area contributed by atoms with Crippen molar-refractivity contribution in [2.75, 3.05) is 6.61 Å². The van der Waals surface area contributed by atoms with Crippen LogP contribution in [0.1, 0.15) is 42.8 Å². The molecular formula is C22H23NO4S. The lowest BCUT2D eigenvalue weighted by atomic mass is 10.2. The van der Waals surface area contributed by atoms with E-state index in [4.69, 9.17) is 9.15 Å². The van der Waals surface area contributed by atoms with E-state index in [-0.39, 0.29) is 12.4 Å². The summed E-state index contributed by atoms with van der Waals surface area (Å²) >= 11 is 1.56. The van der Waals surface area contributed by atoms with Crippen molar-refractivity contribution in [1.82, 2.24) is 4.57 Å². The Morgan fingerprint density at radius 2 is 2.00 bits per heavy atom. The zero-order valence-corrected chi connectivity index (χ0v) is 17.3. The van der Waals surface area contributed by atoms with Crippen molar-refractivity contribution in [1.29, 1.82) is 0 Å². The highest BCUT2D eigenvalue weighted by Crippen LogP contribution is 2.21. The number of ether oxygens (including phenoxy) is 1. The van der Waals surface area contributed by atoms with Gasteiger partial charge in [0.05, 0.1) is 12.8 Å². The first-order chi connectivity index (χ1) is 13.3. The Balaban J connectivity index is 1.61. The van der Waals surface area contributed by atoms with Gasteiger partial charge in [-0.25, -0.2) is 4.79 Å². The number of aryl methyl sites for hydroxylation is 3. The van der Waals surface area contributed by atoms with Gasteiger partial charge in [-0.3, -0.25) is 4.79 Å². The zero-order valence-electron chi connectivity index (χ0n) is 16.4. The third-order valence-electron chi connectivity index (χ3n) is 4.59. The topological polar surface area (TPSA) is 61.4 Å². The molecule has 0 aromatic carbocycles. The van der Waals surface area contributed by atoms with Gasteiger partial charge in [-0.05, 0) is 63.6 Å². The van der Waals surface area contributed by atoms with Gasteiger partial charge in [0.1, 0.15) is 5.76 Å². The monoisotopic (exact) mass is 397 g/mol. The summed E-state index contributed by atoms with van der Waals surface area (Å²) in [6.45, 7) is 8.23. The maximum atomic E-state index is 12.2. The Bertz CT molecular complexity index is 1020. The molecule has 0 bridgehead atoms. The standard InChI is InChI=1S/C22H23NO4S/c1-14-10-18(16(3)23(14)12-19-6-5-9-26-19)7-8-22(25)27-13-21(24)20-11-15(2)28-17(20)4/h5-11H,12-13H2,1-4H3/b8-7+. The summed E-state index contributed by atoms with van der Waals surface area (Å²) in [5, 5.41) is 0. The van der Waals surface area contributed by atoms with Crippen molar-refractivity contribution in [3.8, 4) is 0 Å². The van der Waals surface area contributed by atoms with Gasteiger partial charge in [-0.1, -0.05) is 0 Å². The van der Waals surface area contributed by atoms with Crippen LogP contribution in [0.3, 0.4) is 0 Å². The first kappa shape index (κ1) is 19.9. The maximum absolute atomic E-state index is 12.2. The molecule has 6 heteroatoms. The summed E-state index contributed by atoms with van der Waals surface area (Å²) < 4.78 is 12.6. The summed E-state index contributed by atoms with van der Waals surface area (Å²) in [4.78, 5) is 26.2. The molecule has 0 amide bonds. The number of Topliss-reactive ketones (excluding diaryl/α,β-unsaturated/α-hetero) is 1. The highest BCUT2D eigenvalue weighted by molar-refractivity contribution is 7.12. The lowest BCUT2D eigenvalue weighted by Crippen LogP contribution is -2.12. The normalized spacial score (nSPS) is 11.3. The van der Waals surface area contributed by atoms with E-state index in [0.717, 1.165) is 32.5 Å². The number of nitrogens with zero attached hydrogens (tertiary/aromatic N) is 1. The second-order valence-electron chi connectivity index (χ2n) is 6.68. The second-order valence-corrected chi connectivity index (χ2v) is 8.14. The quantitative estimate of drug-likeness (QED) is 0.324. The van der Waals surface area contributed by atoms with Crippen LogP contribution >= 0.6 is 11.3 Å². The van der Waals surface area contributed by atoms with Crippen LogP contribution < -0.4 is 0 Å². The maximum Gasteiger partial charge on any atom is 0.331 e. The van der Waals surface area contributed by atoms with E-state index < -0.39 is 5.97 Å². The first-order valence-corrected chi connectivity index (χ1v) is 9.81. The average molecular weight is 397 g/mol. The summed E-state index contributed by atoms with van der Waals surface area (Å²) in [6.07, 6.45) is 4.73. The van der Waals surface area contributed by atoms with Crippen molar-refractivity contribution >= 4 is 29.2 Å². The SMILES string of the molecule is Cc1cc(C(=O)COC(=O)/C=C/c2cc(C)n(Cc3ccco3)c2C)c(C)s1. The van der Waals surface area contributed by atoms with Gasteiger partial charge in [0.2, 0.25) is 5.78 Å². The summed E-state index contributed by atoms with van der Waals surface area (Å²) in [6, 6.07) is 7.63. The van der Waals surface area contributed by atoms with Gasteiger partial charge >= 0.3 is 5.97 Å². The minimum atomic E-state index is -0.534. The predicted molar refractivity (Wildman–Crippen MR) is 110 cm³/mol. The Kier molecular flexibility index (Phi) is 5.99. The summed E-state index contributed by atoms with van der Waals surface area (Å²) in [7, 11) is 0. The van der Waals surface area contributed by atoms with Crippen molar-refractivity contribution < 1.29 is 18.7 Å². The molecule has 3 rings (SSSR count). The van der Waals surface area contributed by atoms with Crippen LogP contribution in [0.25, 0.3) is 6.08 Å². The highest BCUT2D eigenvalue weighted by Gasteiger charge is 2.14. The number of carbonyl (C=O) groups excluding carboxylic acids is 2. The Hall–Kier alpha value is -2.86. The van der Waals surface area contributed by atoms with Crippen LogP contribution in [-0.4, -0.2) is 22.9 Å². The third-order valence-corrected chi connectivity index (χ3v) is 5.56. The van der Waals surface area contributed by atoms with E-state index >= 15 is 0 Å². The third kappa shape index (κ3) is 4.51. The van der Waals surface area contributed by atoms with Gasteiger partial charge < -0.3 is 13.7 Å². The molecular weight excluding hydrogens is 374 g/mol. The molecule has 0 aliphatic carbocycles. The number of thiophene rings is 1. The molecule has 0 aliphatic heterocycles. The minimum Gasteiger partial charge on any atom is -0.467 e. The first-order valence-electron chi connectivity index (χ1n) is 8.99. The smallest absolute Gasteiger partial charge is 0.331 e. The number of hydrogen-bond donors (Lipinski definition) is 0. The number of aromatic nitrogens is 1. The van der Waals surface area contributed by atoms with Crippen LogP contribution in [0.15, 0.2) is 41.0 Å². The van der Waals surface area contributed by atoms with Crippen molar-refractivity contribution in [3.63, 3.8) is 0 Å². The van der Waals surface area contributed by atoms with Crippen LogP contribution in [0.4, 0.5) is 0 Å². The van der Waals surface area contributed by atoms with Crippen molar-refractivity contribution in [2.45, 2.75) is 34.2 Å². The molecule has 0 atom stereocenters. The van der Waals surface area contributed by atoms with Crippen LogP contribution in [0.5, 0.6) is 0 Å². The summed E-state index contributed by atoms with van der Waals surface area (Å²) in [5.74, 6) is 0.156. The highest BCUT2D eigenvalue weighted by atomic mass is 32.1. The molecule has 0 saturated carbocycles. The number of ketones is 1. The Morgan fingerprint density at radius 1 is 1.21 bits per heavy atom. The Labute approximate surface area is 168 Å². The van der Waals surface area contributed by atoms with Crippen LogP contribution in [0, 0.1) is 27.7 Å². The number of esters is 1. The van der Waals surface area contributed by atoms with E-state index in [0.29, 0.717) is 12.1 Å². The fourth-order valence-corrected chi connectivity index (χ4v) is 4.07. The molecule has 3 heterocycles. The molecule has 0 unspecified atom stereocenters. The largest absolute Gasteiger partial charge is 0.467 e. The van der Waals surface area contributed by atoms with Gasteiger partial charge in [0.25, 0.3) is 0 Å². The van der Waals surface area contributed by atoms with E-state index in [9.17, 15) is 9.59 Å². The molecule has 0 saturated heterocycles. The zero-order chi connectivity index (χ0) is 20.3. The molecule has 0 radical (unpaired) electrons. The Morgan fingerprint density at radius 3 is 2.64 bits per heavy atom. The molecule has 0 spiro atoms. The second kappa shape index (κ2) is 8.44. The lowest BCUT2D eigenvalue weighted by molar-refractivity contribution is -0.136. The van der Waals surface area contributed by atoms with Crippen LogP contribution in [-0.2, 0) is 16.1 Å². The van der Waals surface area contributed by atoms with Crippen molar-refractivity contribution in [3.05, 3.63) is 74.6 Å². The molecule has 3 aromatic rings. The molecule has 0 aliphatic rings. The molecule has 3 aromatic heterocycles. The predicted octanol–water partition coefficient (Wildman–Crippen LogP) is 4.86.